The summed E-state index contributed by atoms with van der Waals surface area (Å²) in [5.74, 6) is 0. The zero-order valence-electron chi connectivity index (χ0n) is 17.9. The number of anilines is 1. The van der Waals surface area contributed by atoms with Gasteiger partial charge in [0.05, 0.1) is 0 Å². The highest BCUT2D eigenvalue weighted by molar-refractivity contribution is 5.81. The van der Waals surface area contributed by atoms with Gasteiger partial charge in [-0.05, 0) is 65.4 Å². The van der Waals surface area contributed by atoms with Gasteiger partial charge in [-0.25, -0.2) is 0 Å². The molecule has 3 nitrogen and oxygen atoms in total. The molecule has 1 heterocycles. The first kappa shape index (κ1) is 22.8. The van der Waals surface area contributed by atoms with E-state index in [1.807, 2.05) is 18.2 Å². The minimum Gasteiger partial charge on any atom is -0.398 e. The minimum atomic E-state index is 0.779. The molecule has 154 valence electrons. The lowest BCUT2D eigenvalue weighted by Gasteiger charge is -2.11. The van der Waals surface area contributed by atoms with Gasteiger partial charge in [0.2, 0.25) is 0 Å². The lowest BCUT2D eigenvalue weighted by Crippen LogP contribution is -2.15. The van der Waals surface area contributed by atoms with Crippen LogP contribution in [0.15, 0.2) is 78.9 Å². The second kappa shape index (κ2) is 11.5. The van der Waals surface area contributed by atoms with E-state index < -0.39 is 0 Å². The molecular formula is C27H31N3. The molecule has 0 fully saturated rings. The first-order chi connectivity index (χ1) is 14.6. The first-order valence-corrected chi connectivity index (χ1v) is 10.1. The molecule has 3 rings (SSSR count). The number of nitrogen functional groups attached to an aromatic ring is 1. The number of H-pyrrole nitrogens is 1. The highest BCUT2D eigenvalue weighted by Gasteiger charge is 2.08. The molecule has 0 aliphatic carbocycles. The number of nitrogens with two attached hydrogens (primary N) is 1. The van der Waals surface area contributed by atoms with Crippen molar-refractivity contribution in [3.8, 4) is 12.8 Å². The summed E-state index contributed by atoms with van der Waals surface area (Å²) in [5, 5.41) is 4.58. The van der Waals surface area contributed by atoms with Crippen molar-refractivity contribution in [2.24, 2.45) is 0 Å². The Hall–Kier alpha value is -3.48. The maximum absolute atomic E-state index is 6.29. The van der Waals surface area contributed by atoms with Crippen LogP contribution in [0.1, 0.15) is 30.7 Å². The third kappa shape index (κ3) is 5.76. The molecular weight excluding hydrogens is 366 g/mol. The molecule has 0 amide bonds. The highest BCUT2D eigenvalue weighted by atomic mass is 14.8. The quantitative estimate of drug-likeness (QED) is 0.259. The van der Waals surface area contributed by atoms with Gasteiger partial charge in [-0.1, -0.05) is 56.0 Å². The monoisotopic (exact) mass is 397 g/mol. The van der Waals surface area contributed by atoms with Gasteiger partial charge in [0.25, 0.3) is 0 Å². The average Bonchev–Trinajstić information content (AvgIpc) is 3.19. The molecule has 1 aromatic heterocycles. The predicted octanol–water partition coefficient (Wildman–Crippen LogP) is 5.72. The van der Waals surface area contributed by atoms with E-state index in [0.29, 0.717) is 0 Å². The van der Waals surface area contributed by atoms with Crippen LogP contribution in [0.5, 0.6) is 0 Å². The number of terminal acetylenes is 1. The molecule has 30 heavy (non-hydrogen) atoms. The minimum absolute atomic E-state index is 0.779. The van der Waals surface area contributed by atoms with Crippen LogP contribution in [0.25, 0.3) is 16.5 Å². The Morgan fingerprint density at radius 3 is 2.60 bits per heavy atom. The molecule has 0 aliphatic rings. The topological polar surface area (TPSA) is 53.8 Å². The molecule has 0 radical (unpaired) electrons. The summed E-state index contributed by atoms with van der Waals surface area (Å²) in [6.45, 7) is 9.86. The Bertz CT molecular complexity index is 1030. The first-order valence-electron chi connectivity index (χ1n) is 10.1. The standard InChI is InChI=1S/C25H29N3.C2H2/c1-4-18(17-27-6-3)13-19(5-2)20-11-12-24(26)22(14-20)16-23-15-21-9-7-8-10-25(21)28-23;1-2/h4-5,7-15,27-28H,1,6,16-17,26H2,2-3H3;1-2H/b18-13+,19-5+;. The number of allylic oxidation sites excluding steroid dienone is 3. The molecule has 0 unspecified atom stereocenters. The third-order valence-electron chi connectivity index (χ3n) is 4.94. The van der Waals surface area contributed by atoms with Crippen molar-refractivity contribution in [2.75, 3.05) is 18.8 Å². The van der Waals surface area contributed by atoms with Crippen molar-refractivity contribution in [2.45, 2.75) is 20.3 Å². The van der Waals surface area contributed by atoms with Crippen LogP contribution in [0.3, 0.4) is 0 Å². The van der Waals surface area contributed by atoms with Crippen LogP contribution < -0.4 is 11.1 Å². The SMILES string of the molecule is C#C.C=C/C(=C\C(=C/C)c1ccc(N)c(Cc2cc3ccccc3[nH]2)c1)CNCC. The van der Waals surface area contributed by atoms with E-state index in [0.717, 1.165) is 36.3 Å². The van der Waals surface area contributed by atoms with Crippen molar-refractivity contribution in [3.63, 3.8) is 0 Å². The van der Waals surface area contributed by atoms with Crippen molar-refractivity contribution in [3.05, 3.63) is 95.7 Å². The van der Waals surface area contributed by atoms with Gasteiger partial charge < -0.3 is 16.0 Å². The van der Waals surface area contributed by atoms with E-state index in [2.05, 4.69) is 92.1 Å². The molecule has 3 aromatic rings. The van der Waals surface area contributed by atoms with Crippen molar-refractivity contribution in [1.29, 1.82) is 0 Å². The maximum Gasteiger partial charge on any atom is 0.0456 e. The largest absolute Gasteiger partial charge is 0.398 e. The van der Waals surface area contributed by atoms with Gasteiger partial charge in [0.1, 0.15) is 0 Å². The summed E-state index contributed by atoms with van der Waals surface area (Å²) >= 11 is 0. The van der Waals surface area contributed by atoms with Gasteiger partial charge in [-0.15, -0.1) is 12.8 Å². The third-order valence-corrected chi connectivity index (χ3v) is 4.94. The summed E-state index contributed by atoms with van der Waals surface area (Å²) in [5.41, 5.74) is 14.1. The predicted molar refractivity (Wildman–Crippen MR) is 132 cm³/mol. The van der Waals surface area contributed by atoms with Gasteiger partial charge in [0, 0.05) is 29.9 Å². The number of fused-ring (bicyclic) bond motifs is 1. The van der Waals surface area contributed by atoms with E-state index in [9.17, 15) is 0 Å². The fourth-order valence-corrected chi connectivity index (χ4v) is 3.36. The Kier molecular flexibility index (Phi) is 8.75. The van der Waals surface area contributed by atoms with E-state index in [1.54, 1.807) is 0 Å². The van der Waals surface area contributed by atoms with Gasteiger partial charge in [-0.3, -0.25) is 0 Å². The molecule has 0 saturated heterocycles. The number of benzene rings is 2. The summed E-state index contributed by atoms with van der Waals surface area (Å²) in [7, 11) is 0. The smallest absolute Gasteiger partial charge is 0.0456 e. The fraction of sp³-hybridized carbons (Fsp3) is 0.185. The fourth-order valence-electron chi connectivity index (χ4n) is 3.36. The highest BCUT2D eigenvalue weighted by Crippen LogP contribution is 2.25. The van der Waals surface area contributed by atoms with Crippen molar-refractivity contribution < 1.29 is 0 Å². The Labute approximate surface area is 180 Å². The zero-order chi connectivity index (χ0) is 21.9. The van der Waals surface area contributed by atoms with Crippen LogP contribution in [0, 0.1) is 12.8 Å². The normalized spacial score (nSPS) is 11.7. The number of nitrogens with one attached hydrogen (secondary N) is 2. The van der Waals surface area contributed by atoms with E-state index in [-0.39, 0.29) is 0 Å². The van der Waals surface area contributed by atoms with Gasteiger partial charge in [0.15, 0.2) is 0 Å². The summed E-state index contributed by atoms with van der Waals surface area (Å²) in [6, 6.07) is 16.8. The summed E-state index contributed by atoms with van der Waals surface area (Å²) in [6.07, 6.45) is 15.0. The van der Waals surface area contributed by atoms with Crippen LogP contribution in [0.2, 0.25) is 0 Å². The molecule has 0 aliphatic heterocycles. The lowest BCUT2D eigenvalue weighted by molar-refractivity contribution is 0.785. The number of rotatable bonds is 8. The number of hydrogen-bond donors (Lipinski definition) is 3. The van der Waals surface area contributed by atoms with Gasteiger partial charge >= 0.3 is 0 Å². The second-order valence-corrected chi connectivity index (χ2v) is 6.92. The number of aromatic amines is 1. The molecule has 0 atom stereocenters. The van der Waals surface area contributed by atoms with Crippen LogP contribution in [-0.2, 0) is 6.42 Å². The maximum atomic E-state index is 6.29. The average molecular weight is 398 g/mol. The molecule has 0 bridgehead atoms. The Morgan fingerprint density at radius 1 is 1.17 bits per heavy atom. The number of hydrogen-bond acceptors (Lipinski definition) is 2. The lowest BCUT2D eigenvalue weighted by atomic mass is 9.97. The van der Waals surface area contributed by atoms with E-state index in [1.165, 1.54) is 27.8 Å². The Balaban J connectivity index is 0.00000155. The number of para-hydroxylation sites is 1. The molecule has 0 spiro atoms. The molecule has 4 N–H and O–H groups in total. The van der Waals surface area contributed by atoms with Crippen LogP contribution in [-0.4, -0.2) is 18.1 Å². The second-order valence-electron chi connectivity index (χ2n) is 6.92. The van der Waals surface area contributed by atoms with Crippen molar-refractivity contribution >= 4 is 22.2 Å². The van der Waals surface area contributed by atoms with Gasteiger partial charge in [-0.2, -0.15) is 0 Å². The zero-order valence-corrected chi connectivity index (χ0v) is 17.9. The molecule has 3 heteroatoms. The number of aromatic nitrogens is 1. The molecule has 0 saturated carbocycles. The van der Waals surface area contributed by atoms with Crippen LogP contribution in [0.4, 0.5) is 5.69 Å². The molecule has 2 aromatic carbocycles. The van der Waals surface area contributed by atoms with Crippen molar-refractivity contribution in [1.82, 2.24) is 10.3 Å². The Morgan fingerprint density at radius 2 is 1.93 bits per heavy atom. The van der Waals surface area contributed by atoms with E-state index in [4.69, 9.17) is 5.73 Å². The number of likely N-dealkylation sites (N-methyl/N-ethyl adjacent to an activating group) is 1. The van der Waals surface area contributed by atoms with Crippen LogP contribution >= 0.6 is 0 Å². The summed E-state index contributed by atoms with van der Waals surface area (Å²) < 4.78 is 0. The van der Waals surface area contributed by atoms with E-state index >= 15 is 0 Å². The summed E-state index contributed by atoms with van der Waals surface area (Å²) in [4.78, 5) is 3.49.